The van der Waals surface area contributed by atoms with Crippen molar-refractivity contribution in [1.29, 1.82) is 0 Å². The summed E-state index contributed by atoms with van der Waals surface area (Å²) in [4.78, 5) is 32.9. The number of rotatable bonds is 7. The van der Waals surface area contributed by atoms with E-state index < -0.39 is 0 Å². The van der Waals surface area contributed by atoms with Gasteiger partial charge in [-0.25, -0.2) is 4.98 Å². The van der Waals surface area contributed by atoms with E-state index in [1.54, 1.807) is 15.9 Å². The second kappa shape index (κ2) is 9.71. The third-order valence-corrected chi connectivity index (χ3v) is 7.38. The zero-order valence-corrected chi connectivity index (χ0v) is 20.0. The Morgan fingerprint density at radius 2 is 1.81 bits per heavy atom. The van der Waals surface area contributed by atoms with Crippen molar-refractivity contribution < 1.29 is 4.79 Å². The van der Waals surface area contributed by atoms with Crippen molar-refractivity contribution in [3.05, 3.63) is 81.0 Å². The first-order valence-electron chi connectivity index (χ1n) is 10.6. The lowest BCUT2D eigenvalue weighted by Gasteiger charge is -2.12. The molecular formula is C25H25N3O2S2. The maximum absolute atomic E-state index is 13.6. The minimum Gasteiger partial charge on any atom is -0.325 e. The summed E-state index contributed by atoms with van der Waals surface area (Å²) in [6.07, 6.45) is 1.94. The number of thiophene rings is 1. The highest BCUT2D eigenvalue weighted by atomic mass is 32.2. The molecule has 2 heterocycles. The molecule has 1 N–H and O–H groups in total. The van der Waals surface area contributed by atoms with E-state index in [1.165, 1.54) is 16.6 Å². The molecule has 0 saturated carbocycles. The van der Waals surface area contributed by atoms with Crippen molar-refractivity contribution in [1.82, 2.24) is 9.55 Å². The Kier molecular flexibility index (Phi) is 6.77. The first-order valence-corrected chi connectivity index (χ1v) is 12.4. The summed E-state index contributed by atoms with van der Waals surface area (Å²) >= 11 is 2.86. The number of aromatic nitrogens is 2. The lowest BCUT2D eigenvalue weighted by molar-refractivity contribution is -0.113. The molecule has 4 rings (SSSR count). The normalized spacial score (nSPS) is 11.1. The van der Waals surface area contributed by atoms with Crippen LogP contribution in [0.2, 0.25) is 0 Å². The molecule has 0 aliphatic heterocycles. The van der Waals surface area contributed by atoms with Gasteiger partial charge >= 0.3 is 0 Å². The minimum absolute atomic E-state index is 0.0845. The highest BCUT2D eigenvalue weighted by molar-refractivity contribution is 7.99. The van der Waals surface area contributed by atoms with Crippen LogP contribution in [0.25, 0.3) is 15.9 Å². The molecule has 2 aromatic carbocycles. The molecule has 0 spiro atoms. The highest BCUT2D eigenvalue weighted by Crippen LogP contribution is 2.31. The van der Waals surface area contributed by atoms with Crippen LogP contribution < -0.4 is 10.9 Å². The lowest BCUT2D eigenvalue weighted by atomic mass is 10.1. The van der Waals surface area contributed by atoms with Crippen molar-refractivity contribution in [2.45, 2.75) is 38.8 Å². The van der Waals surface area contributed by atoms with Crippen molar-refractivity contribution in [3.63, 3.8) is 0 Å². The number of hydrogen-bond donors (Lipinski definition) is 1. The second-order valence-electron chi connectivity index (χ2n) is 7.65. The predicted octanol–water partition coefficient (Wildman–Crippen LogP) is 5.75. The molecule has 2 aromatic heterocycles. The van der Waals surface area contributed by atoms with Gasteiger partial charge in [-0.15, -0.1) is 11.3 Å². The van der Waals surface area contributed by atoms with E-state index >= 15 is 0 Å². The van der Waals surface area contributed by atoms with Crippen LogP contribution in [0.15, 0.2) is 64.5 Å². The van der Waals surface area contributed by atoms with Crippen molar-refractivity contribution >= 4 is 44.9 Å². The quantitative estimate of drug-likeness (QED) is 0.280. The molecule has 32 heavy (non-hydrogen) atoms. The number of para-hydroxylation sites is 1. The van der Waals surface area contributed by atoms with Gasteiger partial charge in [0.25, 0.3) is 5.56 Å². The molecule has 0 atom stereocenters. The molecule has 0 bridgehead atoms. The van der Waals surface area contributed by atoms with E-state index in [0.717, 1.165) is 40.2 Å². The van der Waals surface area contributed by atoms with Gasteiger partial charge in [0.15, 0.2) is 5.16 Å². The molecule has 5 nitrogen and oxygen atoms in total. The van der Waals surface area contributed by atoms with Gasteiger partial charge in [0.05, 0.1) is 16.8 Å². The van der Waals surface area contributed by atoms with E-state index in [4.69, 9.17) is 4.98 Å². The van der Waals surface area contributed by atoms with Gasteiger partial charge < -0.3 is 5.32 Å². The zero-order chi connectivity index (χ0) is 22.7. The third-order valence-electron chi connectivity index (χ3n) is 5.19. The van der Waals surface area contributed by atoms with Gasteiger partial charge in [0.2, 0.25) is 5.91 Å². The topological polar surface area (TPSA) is 64.0 Å². The molecule has 0 aliphatic rings. The van der Waals surface area contributed by atoms with Crippen molar-refractivity contribution in [2.75, 3.05) is 11.1 Å². The Hall–Kier alpha value is -2.90. The minimum atomic E-state index is -0.137. The van der Waals surface area contributed by atoms with Gasteiger partial charge in [-0.05, 0) is 50.1 Å². The molecule has 164 valence electrons. The largest absolute Gasteiger partial charge is 0.325 e. The number of hydrogen-bond acceptors (Lipinski definition) is 5. The first kappa shape index (κ1) is 22.3. The van der Waals surface area contributed by atoms with Gasteiger partial charge in [-0.3, -0.25) is 14.2 Å². The number of carbonyl (C=O) groups excluding carboxylic acids is 1. The summed E-state index contributed by atoms with van der Waals surface area (Å²) in [5, 5.41) is 4.11. The van der Waals surface area contributed by atoms with Crippen LogP contribution in [0.1, 0.15) is 29.3 Å². The fourth-order valence-electron chi connectivity index (χ4n) is 3.54. The molecule has 7 heteroatoms. The molecule has 0 radical (unpaired) electrons. The summed E-state index contributed by atoms with van der Waals surface area (Å²) in [6.45, 7) is 6.14. The fourth-order valence-corrected chi connectivity index (χ4v) is 5.67. The van der Waals surface area contributed by atoms with Crippen LogP contribution in [0, 0.1) is 13.8 Å². The number of nitrogens with zero attached hydrogens (tertiary/aromatic N) is 2. The molecule has 4 aromatic rings. The van der Waals surface area contributed by atoms with E-state index in [2.05, 4.69) is 12.2 Å². The van der Waals surface area contributed by atoms with Crippen LogP contribution in [0.4, 0.5) is 5.69 Å². The Bertz CT molecular complexity index is 1310. The number of fused-ring (bicyclic) bond motifs is 1. The van der Waals surface area contributed by atoms with Crippen LogP contribution >= 0.6 is 23.1 Å². The van der Waals surface area contributed by atoms with E-state index in [9.17, 15) is 9.59 Å². The fraction of sp³-hybridized carbons (Fsp3) is 0.240. The van der Waals surface area contributed by atoms with Crippen molar-refractivity contribution in [2.24, 2.45) is 0 Å². The summed E-state index contributed by atoms with van der Waals surface area (Å²) in [7, 11) is 0. The molecule has 0 saturated heterocycles. The average molecular weight is 464 g/mol. The molecule has 0 fully saturated rings. The Morgan fingerprint density at radius 1 is 1.09 bits per heavy atom. The van der Waals surface area contributed by atoms with Crippen LogP contribution in [0.3, 0.4) is 0 Å². The number of benzene rings is 2. The molecular weight excluding hydrogens is 438 g/mol. The van der Waals surface area contributed by atoms with E-state index in [-0.39, 0.29) is 17.2 Å². The Labute approximate surface area is 195 Å². The standard InChI is InChI=1S/C25H25N3O2S2/c1-4-8-20-17(3)22-23(32-20)27-25(28(24(22)30)19-9-6-5-7-10-19)31-15-21(29)26-18-13-11-16(2)12-14-18/h5-7,9-14H,4,8,15H2,1-3H3,(H,26,29). The number of thioether (sulfide) groups is 1. The van der Waals surface area contributed by atoms with E-state index in [0.29, 0.717) is 10.5 Å². The second-order valence-corrected chi connectivity index (χ2v) is 9.68. The first-order chi connectivity index (χ1) is 15.5. The third kappa shape index (κ3) is 4.64. The van der Waals surface area contributed by atoms with Crippen LogP contribution in [0.5, 0.6) is 0 Å². The van der Waals surface area contributed by atoms with Gasteiger partial charge in [0.1, 0.15) is 4.83 Å². The molecule has 1 amide bonds. The number of carbonyl (C=O) groups is 1. The maximum Gasteiger partial charge on any atom is 0.267 e. The van der Waals surface area contributed by atoms with Gasteiger partial charge in [0, 0.05) is 10.6 Å². The molecule has 0 aliphatic carbocycles. The van der Waals surface area contributed by atoms with Gasteiger partial charge in [-0.1, -0.05) is 61.0 Å². The number of nitrogens with one attached hydrogen (secondary N) is 1. The highest BCUT2D eigenvalue weighted by Gasteiger charge is 2.19. The monoisotopic (exact) mass is 463 g/mol. The number of aryl methyl sites for hydroxylation is 3. The smallest absolute Gasteiger partial charge is 0.267 e. The Balaban J connectivity index is 1.69. The number of amides is 1. The SMILES string of the molecule is CCCc1sc2nc(SCC(=O)Nc3ccc(C)cc3)n(-c3ccccc3)c(=O)c2c1C. The Morgan fingerprint density at radius 3 is 2.50 bits per heavy atom. The number of anilines is 1. The van der Waals surface area contributed by atoms with Gasteiger partial charge in [-0.2, -0.15) is 0 Å². The zero-order valence-electron chi connectivity index (χ0n) is 18.3. The average Bonchev–Trinajstić information content (AvgIpc) is 3.10. The van der Waals surface area contributed by atoms with Crippen LogP contribution in [-0.2, 0) is 11.2 Å². The van der Waals surface area contributed by atoms with Crippen molar-refractivity contribution in [3.8, 4) is 5.69 Å². The lowest BCUT2D eigenvalue weighted by Crippen LogP contribution is -2.22. The summed E-state index contributed by atoms with van der Waals surface area (Å²) in [5.74, 6) is 0.0204. The van der Waals surface area contributed by atoms with Crippen LogP contribution in [-0.4, -0.2) is 21.2 Å². The predicted molar refractivity (Wildman–Crippen MR) is 134 cm³/mol. The van der Waals surface area contributed by atoms with E-state index in [1.807, 2.05) is 68.4 Å². The summed E-state index contributed by atoms with van der Waals surface area (Å²) < 4.78 is 1.63. The maximum atomic E-state index is 13.6. The molecule has 0 unspecified atom stereocenters. The summed E-state index contributed by atoms with van der Waals surface area (Å²) in [5.41, 5.74) is 3.57. The summed E-state index contributed by atoms with van der Waals surface area (Å²) in [6, 6.07) is 17.2.